The Morgan fingerprint density at radius 1 is 1.10 bits per heavy atom. The van der Waals surface area contributed by atoms with Gasteiger partial charge in [0.25, 0.3) is 11.2 Å². The maximum atomic E-state index is 12.8. The van der Waals surface area contributed by atoms with Crippen LogP contribution in [0.2, 0.25) is 0 Å². The zero-order valence-electron chi connectivity index (χ0n) is 16.7. The molecule has 0 amide bonds. The van der Waals surface area contributed by atoms with E-state index in [0.717, 1.165) is 25.7 Å². The third-order valence-electron chi connectivity index (χ3n) is 4.78. The van der Waals surface area contributed by atoms with E-state index in [1.165, 1.54) is 22.9 Å². The minimum Gasteiger partial charge on any atom is -0.456 e. The average Bonchev–Trinajstić information content (AvgIpc) is 2.76. The summed E-state index contributed by atoms with van der Waals surface area (Å²) in [7, 11) is 0. The van der Waals surface area contributed by atoms with E-state index >= 15 is 0 Å². The molecule has 0 saturated carbocycles. The second kappa shape index (κ2) is 9.78. The fourth-order valence-corrected chi connectivity index (χ4v) is 3.20. The summed E-state index contributed by atoms with van der Waals surface area (Å²) in [4.78, 5) is 35.9. The van der Waals surface area contributed by atoms with Gasteiger partial charge in [-0.2, -0.15) is 5.10 Å². The van der Waals surface area contributed by atoms with Crippen molar-refractivity contribution in [3.63, 3.8) is 0 Å². The van der Waals surface area contributed by atoms with Gasteiger partial charge in [-0.15, -0.1) is 0 Å². The number of carbonyl (C=O) groups excluding carboxylic acids is 1. The Labute approximate surface area is 173 Å². The third-order valence-corrected chi connectivity index (χ3v) is 4.78. The molecule has 1 heterocycles. The maximum absolute atomic E-state index is 12.8. The zero-order valence-corrected chi connectivity index (χ0v) is 16.7. The first-order chi connectivity index (χ1) is 14.5. The summed E-state index contributed by atoms with van der Waals surface area (Å²) in [5.41, 5.74) is 0.242. The lowest BCUT2D eigenvalue weighted by Crippen LogP contribution is -2.26. The van der Waals surface area contributed by atoms with Crippen molar-refractivity contribution >= 4 is 22.4 Å². The fraction of sp³-hybridized carbons (Fsp3) is 0.318. The second-order valence-corrected chi connectivity index (χ2v) is 6.99. The molecule has 3 aromatic rings. The lowest BCUT2D eigenvalue weighted by Gasteiger charge is -2.11. The van der Waals surface area contributed by atoms with Gasteiger partial charge in [0.05, 0.1) is 10.3 Å². The lowest BCUT2D eigenvalue weighted by atomic mass is 10.1. The number of non-ortho nitro benzene ring substituents is 1. The van der Waals surface area contributed by atoms with Crippen LogP contribution in [0.3, 0.4) is 0 Å². The Kier molecular flexibility index (Phi) is 6.90. The van der Waals surface area contributed by atoms with Crippen molar-refractivity contribution < 1.29 is 14.5 Å². The molecule has 0 bridgehead atoms. The molecule has 30 heavy (non-hydrogen) atoms. The van der Waals surface area contributed by atoms with Crippen LogP contribution in [0.15, 0.2) is 53.3 Å². The van der Waals surface area contributed by atoms with E-state index in [1.807, 2.05) is 0 Å². The van der Waals surface area contributed by atoms with Gasteiger partial charge in [-0.3, -0.25) is 14.9 Å². The average molecular weight is 409 g/mol. The number of esters is 1. The highest BCUT2D eigenvalue weighted by molar-refractivity contribution is 6.02. The van der Waals surface area contributed by atoms with E-state index in [0.29, 0.717) is 22.9 Å². The van der Waals surface area contributed by atoms with Crippen LogP contribution in [0.4, 0.5) is 5.69 Å². The van der Waals surface area contributed by atoms with Crippen molar-refractivity contribution in [3.05, 3.63) is 80.3 Å². The van der Waals surface area contributed by atoms with Crippen LogP contribution >= 0.6 is 0 Å². The van der Waals surface area contributed by atoms with E-state index in [1.54, 1.807) is 30.3 Å². The first-order valence-electron chi connectivity index (χ1n) is 9.91. The van der Waals surface area contributed by atoms with Gasteiger partial charge in [0, 0.05) is 24.1 Å². The molecule has 8 heteroatoms. The van der Waals surface area contributed by atoms with Crippen molar-refractivity contribution in [2.24, 2.45) is 0 Å². The van der Waals surface area contributed by atoms with Crippen LogP contribution < -0.4 is 5.56 Å². The predicted molar refractivity (Wildman–Crippen MR) is 112 cm³/mol. The van der Waals surface area contributed by atoms with Crippen LogP contribution in [0, 0.1) is 10.1 Å². The Balaban J connectivity index is 1.85. The molecule has 0 atom stereocenters. The van der Waals surface area contributed by atoms with Crippen LogP contribution in [0.5, 0.6) is 0 Å². The molecule has 0 unspecified atom stereocenters. The highest BCUT2D eigenvalue weighted by atomic mass is 16.6. The van der Waals surface area contributed by atoms with Gasteiger partial charge in [-0.1, -0.05) is 56.5 Å². The minimum atomic E-state index is -0.681. The fourth-order valence-electron chi connectivity index (χ4n) is 3.20. The summed E-state index contributed by atoms with van der Waals surface area (Å²) in [6.45, 7) is 2.40. The van der Waals surface area contributed by atoms with Crippen LogP contribution in [0.25, 0.3) is 10.8 Å². The van der Waals surface area contributed by atoms with Crippen molar-refractivity contribution in [3.8, 4) is 0 Å². The molecular weight excluding hydrogens is 386 g/mol. The molecule has 3 rings (SSSR count). The number of ether oxygens (including phenoxy) is 1. The summed E-state index contributed by atoms with van der Waals surface area (Å²) in [5.74, 6) is -0.681. The van der Waals surface area contributed by atoms with E-state index in [2.05, 4.69) is 12.0 Å². The van der Waals surface area contributed by atoms with E-state index < -0.39 is 10.9 Å². The molecular formula is C22H23N3O5. The number of fused-ring (bicyclic) bond motifs is 1. The van der Waals surface area contributed by atoms with Gasteiger partial charge in [0.1, 0.15) is 6.61 Å². The van der Waals surface area contributed by atoms with Crippen molar-refractivity contribution in [1.29, 1.82) is 0 Å². The SMILES string of the molecule is CCCCCCn1nc(C(=O)OCc2cccc([N+](=O)[O-])c2)c2ccccc2c1=O. The number of unbranched alkanes of at least 4 members (excludes halogenated alkanes) is 3. The summed E-state index contributed by atoms with van der Waals surface area (Å²) < 4.78 is 6.68. The molecule has 1 aromatic heterocycles. The molecule has 0 N–H and O–H groups in total. The molecule has 8 nitrogen and oxygen atoms in total. The number of carbonyl (C=O) groups is 1. The number of aromatic nitrogens is 2. The molecule has 0 fully saturated rings. The van der Waals surface area contributed by atoms with Gasteiger partial charge >= 0.3 is 5.97 Å². The summed E-state index contributed by atoms with van der Waals surface area (Å²) in [6, 6.07) is 12.7. The van der Waals surface area contributed by atoms with Gasteiger partial charge in [-0.05, 0) is 18.1 Å². The Morgan fingerprint density at radius 2 is 1.87 bits per heavy atom. The monoisotopic (exact) mass is 409 g/mol. The largest absolute Gasteiger partial charge is 0.456 e. The smallest absolute Gasteiger partial charge is 0.359 e. The van der Waals surface area contributed by atoms with Gasteiger partial charge in [-0.25, -0.2) is 9.48 Å². The molecule has 156 valence electrons. The van der Waals surface area contributed by atoms with Gasteiger partial charge in [0.2, 0.25) is 0 Å². The number of nitro benzene ring substituents is 1. The third kappa shape index (κ3) is 4.89. The number of nitrogens with zero attached hydrogens (tertiary/aromatic N) is 3. The van der Waals surface area contributed by atoms with Gasteiger partial charge < -0.3 is 4.74 Å². The number of hydrogen-bond acceptors (Lipinski definition) is 6. The highest BCUT2D eigenvalue weighted by Gasteiger charge is 2.18. The first kappa shape index (κ1) is 21.2. The van der Waals surface area contributed by atoms with Crippen molar-refractivity contribution in [2.75, 3.05) is 0 Å². The molecule has 2 aromatic carbocycles. The molecule has 0 aliphatic carbocycles. The number of rotatable bonds is 9. The van der Waals surface area contributed by atoms with Crippen molar-refractivity contribution in [2.45, 2.75) is 45.8 Å². The minimum absolute atomic E-state index is 0.0612. The molecule has 0 spiro atoms. The Morgan fingerprint density at radius 3 is 2.60 bits per heavy atom. The van der Waals surface area contributed by atoms with Crippen LogP contribution in [-0.2, 0) is 17.9 Å². The Bertz CT molecular complexity index is 1120. The maximum Gasteiger partial charge on any atom is 0.359 e. The highest BCUT2D eigenvalue weighted by Crippen LogP contribution is 2.17. The number of aryl methyl sites for hydroxylation is 1. The second-order valence-electron chi connectivity index (χ2n) is 6.99. The summed E-state index contributed by atoms with van der Waals surface area (Å²) in [5, 5.41) is 16.0. The molecule has 0 aliphatic rings. The van der Waals surface area contributed by atoms with E-state index in [4.69, 9.17) is 4.74 Å². The summed E-state index contributed by atoms with van der Waals surface area (Å²) >= 11 is 0. The first-order valence-corrected chi connectivity index (χ1v) is 9.91. The lowest BCUT2D eigenvalue weighted by molar-refractivity contribution is -0.384. The predicted octanol–water partition coefficient (Wildman–Crippen LogP) is 4.24. The Hall–Kier alpha value is -3.55. The standard InChI is InChI=1S/C22H23N3O5/c1-2-3-4-7-13-24-21(26)19-12-6-5-11-18(19)20(23-24)22(27)30-15-16-9-8-10-17(14-16)25(28)29/h5-6,8-12,14H,2-4,7,13,15H2,1H3. The normalized spacial score (nSPS) is 10.8. The summed E-state index contributed by atoms with van der Waals surface area (Å²) in [6.07, 6.45) is 3.92. The number of nitro groups is 1. The van der Waals surface area contributed by atoms with E-state index in [9.17, 15) is 19.7 Å². The topological polar surface area (TPSA) is 104 Å². The number of benzene rings is 2. The number of hydrogen-bond donors (Lipinski definition) is 0. The van der Waals surface area contributed by atoms with Gasteiger partial charge in [0.15, 0.2) is 5.69 Å². The zero-order chi connectivity index (χ0) is 21.5. The van der Waals surface area contributed by atoms with Crippen LogP contribution in [0.1, 0.15) is 48.7 Å². The molecule has 0 radical (unpaired) electrons. The molecule has 0 saturated heterocycles. The quantitative estimate of drug-likeness (QED) is 0.227. The van der Waals surface area contributed by atoms with E-state index in [-0.39, 0.29) is 23.5 Å². The van der Waals surface area contributed by atoms with Crippen molar-refractivity contribution in [1.82, 2.24) is 9.78 Å². The molecule has 0 aliphatic heterocycles. The van der Waals surface area contributed by atoms with Crippen LogP contribution in [-0.4, -0.2) is 20.7 Å².